The van der Waals surface area contributed by atoms with Crippen molar-refractivity contribution in [3.63, 3.8) is 0 Å². The van der Waals surface area contributed by atoms with E-state index in [4.69, 9.17) is 9.84 Å². The number of carbonyl (C=O) groups excluding carboxylic acids is 1. The maximum atomic E-state index is 11.9. The van der Waals surface area contributed by atoms with Crippen molar-refractivity contribution < 1.29 is 19.4 Å². The third-order valence-corrected chi connectivity index (χ3v) is 4.73. The van der Waals surface area contributed by atoms with Gasteiger partial charge in [-0.15, -0.1) is 0 Å². The van der Waals surface area contributed by atoms with Gasteiger partial charge in [-0.3, -0.25) is 14.5 Å². The summed E-state index contributed by atoms with van der Waals surface area (Å²) in [4.78, 5) is 25.0. The molecule has 2 N–H and O–H groups in total. The molecule has 0 aromatic rings. The molecule has 0 spiro atoms. The first-order valence-electron chi connectivity index (χ1n) is 7.99. The summed E-state index contributed by atoms with van der Waals surface area (Å²) in [6.07, 6.45) is 5.67. The maximum absolute atomic E-state index is 11.9. The largest absolute Gasteiger partial charge is 0.480 e. The summed E-state index contributed by atoms with van der Waals surface area (Å²) in [6.45, 7) is 1.69. The van der Waals surface area contributed by atoms with Crippen molar-refractivity contribution in [2.24, 2.45) is 5.92 Å². The molecule has 0 radical (unpaired) electrons. The number of hydrogen-bond acceptors (Lipinski definition) is 4. The number of carbonyl (C=O) groups is 2. The molecule has 2 saturated carbocycles. The molecular formula is C15H24N2O4. The van der Waals surface area contributed by atoms with E-state index in [0.29, 0.717) is 18.6 Å². The second kappa shape index (κ2) is 6.32. The number of nitrogens with zero attached hydrogens (tertiary/aromatic N) is 1. The number of ether oxygens (including phenoxy) is 1. The lowest BCUT2D eigenvalue weighted by atomic mass is 9.85. The summed E-state index contributed by atoms with van der Waals surface area (Å²) in [6, 6.07) is 0.485. The Morgan fingerprint density at radius 1 is 1.24 bits per heavy atom. The topological polar surface area (TPSA) is 78.9 Å². The number of amides is 1. The van der Waals surface area contributed by atoms with E-state index in [1.54, 1.807) is 0 Å². The Bertz CT molecular complexity index is 398. The average Bonchev–Trinajstić information content (AvgIpc) is 3.03. The van der Waals surface area contributed by atoms with Gasteiger partial charge in [0.15, 0.2) is 0 Å². The van der Waals surface area contributed by atoms with Gasteiger partial charge in [0.05, 0.1) is 6.54 Å². The molecule has 3 aliphatic rings. The number of rotatable bonds is 7. The number of carboxylic acid groups (broad SMARTS) is 1. The zero-order valence-electron chi connectivity index (χ0n) is 12.3. The Balaban J connectivity index is 1.42. The quantitative estimate of drug-likeness (QED) is 0.719. The van der Waals surface area contributed by atoms with E-state index in [2.05, 4.69) is 10.2 Å². The van der Waals surface area contributed by atoms with Gasteiger partial charge in [-0.2, -0.15) is 0 Å². The molecule has 1 atom stereocenters. The molecule has 2 aliphatic carbocycles. The van der Waals surface area contributed by atoms with Crippen LogP contribution in [0.15, 0.2) is 0 Å². The summed E-state index contributed by atoms with van der Waals surface area (Å²) in [5.74, 6) is -0.0738. The van der Waals surface area contributed by atoms with E-state index in [1.807, 2.05) is 0 Å². The van der Waals surface area contributed by atoms with E-state index in [1.165, 1.54) is 12.8 Å². The lowest BCUT2D eigenvalue weighted by Crippen LogP contribution is -2.56. The van der Waals surface area contributed by atoms with E-state index in [9.17, 15) is 9.59 Å². The number of hydrogen-bond donors (Lipinski definition) is 2. The summed E-state index contributed by atoms with van der Waals surface area (Å²) in [5, 5.41) is 12.0. The first-order valence-corrected chi connectivity index (χ1v) is 7.99. The average molecular weight is 296 g/mol. The van der Waals surface area contributed by atoms with Crippen LogP contribution in [0.5, 0.6) is 0 Å². The highest BCUT2D eigenvalue weighted by atomic mass is 16.5. The van der Waals surface area contributed by atoms with Crippen molar-refractivity contribution in [2.75, 3.05) is 19.7 Å². The highest BCUT2D eigenvalue weighted by Gasteiger charge is 2.38. The van der Waals surface area contributed by atoms with Crippen LogP contribution in [0.1, 0.15) is 38.5 Å². The summed E-state index contributed by atoms with van der Waals surface area (Å²) < 4.78 is 5.37. The molecule has 0 aromatic carbocycles. The molecule has 118 valence electrons. The smallest absolute Gasteiger partial charge is 0.317 e. The van der Waals surface area contributed by atoms with Crippen LogP contribution in [0.4, 0.5) is 0 Å². The van der Waals surface area contributed by atoms with Crippen LogP contribution in [0.3, 0.4) is 0 Å². The maximum Gasteiger partial charge on any atom is 0.317 e. The van der Waals surface area contributed by atoms with E-state index >= 15 is 0 Å². The number of nitrogens with one attached hydrogen (secondary N) is 1. The van der Waals surface area contributed by atoms with Gasteiger partial charge in [0, 0.05) is 25.2 Å². The fraction of sp³-hybridized carbons (Fsp3) is 0.867. The predicted molar refractivity (Wildman–Crippen MR) is 75.9 cm³/mol. The van der Waals surface area contributed by atoms with Crippen LogP contribution in [0.25, 0.3) is 0 Å². The molecule has 3 rings (SSSR count). The molecule has 1 aliphatic heterocycles. The molecule has 6 nitrogen and oxygen atoms in total. The molecule has 0 aromatic heterocycles. The Morgan fingerprint density at radius 2 is 2.00 bits per heavy atom. The van der Waals surface area contributed by atoms with E-state index < -0.39 is 5.97 Å². The van der Waals surface area contributed by atoms with Gasteiger partial charge >= 0.3 is 5.97 Å². The van der Waals surface area contributed by atoms with Crippen LogP contribution in [-0.2, 0) is 14.3 Å². The van der Waals surface area contributed by atoms with Crippen molar-refractivity contribution in [1.82, 2.24) is 10.2 Å². The highest BCUT2D eigenvalue weighted by Crippen LogP contribution is 2.33. The second-order valence-electron chi connectivity index (χ2n) is 6.60. The Kier molecular flexibility index (Phi) is 4.45. The molecular weight excluding hydrogens is 272 g/mol. The van der Waals surface area contributed by atoms with Crippen LogP contribution in [0.2, 0.25) is 0 Å². The van der Waals surface area contributed by atoms with Crippen molar-refractivity contribution in [3.05, 3.63) is 0 Å². The molecule has 0 bridgehead atoms. The molecule has 6 heteroatoms. The minimum absolute atomic E-state index is 0.00271. The zero-order chi connectivity index (χ0) is 14.8. The van der Waals surface area contributed by atoms with Crippen molar-refractivity contribution in [2.45, 2.75) is 56.7 Å². The third kappa shape index (κ3) is 3.95. The molecule has 1 saturated heterocycles. The molecule has 3 fully saturated rings. The normalized spacial score (nSPS) is 32.0. The van der Waals surface area contributed by atoms with Gasteiger partial charge in [0.1, 0.15) is 6.10 Å². The van der Waals surface area contributed by atoms with Gasteiger partial charge in [-0.25, -0.2) is 0 Å². The Labute approximate surface area is 124 Å². The highest BCUT2D eigenvalue weighted by molar-refractivity contribution is 5.81. The van der Waals surface area contributed by atoms with Gasteiger partial charge < -0.3 is 15.2 Å². The lowest BCUT2D eigenvalue weighted by molar-refractivity contribution is -0.140. The van der Waals surface area contributed by atoms with Crippen LogP contribution >= 0.6 is 0 Å². The molecule has 21 heavy (non-hydrogen) atoms. The van der Waals surface area contributed by atoms with Crippen LogP contribution < -0.4 is 5.32 Å². The van der Waals surface area contributed by atoms with E-state index in [-0.39, 0.29) is 24.6 Å². The Hall–Kier alpha value is -1.14. The van der Waals surface area contributed by atoms with Crippen molar-refractivity contribution in [1.29, 1.82) is 0 Å². The Morgan fingerprint density at radius 3 is 2.57 bits per heavy atom. The first-order chi connectivity index (χ1) is 10.1. The van der Waals surface area contributed by atoms with Gasteiger partial charge in [-0.1, -0.05) is 0 Å². The standard InChI is InChI=1S/C15H24N2O4/c18-14(19)9-17(8-10-3-4-10)12-6-11(7-12)16-15(20)13-2-1-5-21-13/h10-13H,1-9H2,(H,16,20)(H,18,19). The van der Waals surface area contributed by atoms with Gasteiger partial charge in [-0.05, 0) is 44.4 Å². The molecule has 1 heterocycles. The third-order valence-electron chi connectivity index (χ3n) is 4.73. The monoisotopic (exact) mass is 296 g/mol. The number of aliphatic carboxylic acids is 1. The lowest BCUT2D eigenvalue weighted by Gasteiger charge is -2.43. The van der Waals surface area contributed by atoms with Crippen LogP contribution in [-0.4, -0.2) is 59.8 Å². The zero-order valence-corrected chi connectivity index (χ0v) is 12.3. The van der Waals surface area contributed by atoms with Gasteiger partial charge in [0.25, 0.3) is 0 Å². The van der Waals surface area contributed by atoms with Crippen molar-refractivity contribution in [3.8, 4) is 0 Å². The minimum atomic E-state index is -0.762. The predicted octanol–water partition coefficient (Wildman–Crippen LogP) is 0.609. The first kappa shape index (κ1) is 14.8. The fourth-order valence-corrected chi connectivity index (χ4v) is 3.23. The van der Waals surface area contributed by atoms with Crippen molar-refractivity contribution >= 4 is 11.9 Å². The van der Waals surface area contributed by atoms with Gasteiger partial charge in [0.2, 0.25) is 5.91 Å². The van der Waals surface area contributed by atoms with Crippen LogP contribution in [0, 0.1) is 5.92 Å². The SMILES string of the molecule is O=C(O)CN(CC1CC1)C1CC(NC(=O)C2CCCO2)C1. The van der Waals surface area contributed by atoms with E-state index in [0.717, 1.165) is 32.2 Å². The second-order valence-corrected chi connectivity index (χ2v) is 6.60. The summed E-state index contributed by atoms with van der Waals surface area (Å²) >= 11 is 0. The molecule has 1 amide bonds. The summed E-state index contributed by atoms with van der Waals surface area (Å²) in [7, 11) is 0. The summed E-state index contributed by atoms with van der Waals surface area (Å²) in [5.41, 5.74) is 0. The fourth-order valence-electron chi connectivity index (χ4n) is 3.23. The number of carboxylic acids is 1. The minimum Gasteiger partial charge on any atom is -0.480 e. The molecule has 1 unspecified atom stereocenters.